The van der Waals surface area contributed by atoms with Crippen LogP contribution in [0.2, 0.25) is 0 Å². The molecule has 186 valence electrons. The molecule has 2 aromatic heterocycles. The lowest BCUT2D eigenvalue weighted by atomic mass is 9.67. The molecular weight excluding hydrogens is 481 g/mol. The summed E-state index contributed by atoms with van der Waals surface area (Å²) in [5.74, 6) is -0.998. The van der Waals surface area contributed by atoms with Crippen LogP contribution < -0.4 is 5.32 Å². The minimum atomic E-state index is -4.57. The van der Waals surface area contributed by atoms with Crippen LogP contribution in [-0.2, 0) is 16.6 Å². The highest BCUT2D eigenvalue weighted by Crippen LogP contribution is 2.49. The summed E-state index contributed by atoms with van der Waals surface area (Å²) in [6.45, 7) is 3.71. The highest BCUT2D eigenvalue weighted by atomic mass is 32.1. The SMILES string of the molecule is CCC1(C(=O)O)CCC(O)(c2ncc(-c3cc(C)cc(Nc4nccc(C(F)(F)F)n4)c3)s2)CC1. The lowest BCUT2D eigenvalue weighted by Gasteiger charge is -2.40. The maximum Gasteiger partial charge on any atom is 0.433 e. The van der Waals surface area contributed by atoms with Crippen molar-refractivity contribution in [3.63, 3.8) is 0 Å². The van der Waals surface area contributed by atoms with Crippen molar-refractivity contribution in [2.24, 2.45) is 5.41 Å². The van der Waals surface area contributed by atoms with Gasteiger partial charge in [-0.3, -0.25) is 4.79 Å². The zero-order chi connectivity index (χ0) is 25.4. The number of hydrogen-bond donors (Lipinski definition) is 3. The van der Waals surface area contributed by atoms with Crippen molar-refractivity contribution in [3.05, 3.63) is 52.9 Å². The van der Waals surface area contributed by atoms with Gasteiger partial charge in [0.25, 0.3) is 0 Å². The van der Waals surface area contributed by atoms with Crippen molar-refractivity contribution in [2.45, 2.75) is 57.7 Å². The van der Waals surface area contributed by atoms with Gasteiger partial charge < -0.3 is 15.5 Å². The fourth-order valence-corrected chi connectivity index (χ4v) is 5.45. The molecule has 0 spiro atoms. The Kier molecular flexibility index (Phi) is 6.58. The molecule has 11 heteroatoms. The van der Waals surface area contributed by atoms with Crippen LogP contribution in [0.1, 0.15) is 55.3 Å². The van der Waals surface area contributed by atoms with Crippen LogP contribution >= 0.6 is 11.3 Å². The number of aliphatic hydroxyl groups is 1. The van der Waals surface area contributed by atoms with Gasteiger partial charge in [0, 0.05) is 18.1 Å². The van der Waals surface area contributed by atoms with Gasteiger partial charge in [-0.15, -0.1) is 11.3 Å². The summed E-state index contributed by atoms with van der Waals surface area (Å²) in [6, 6.07) is 6.24. The van der Waals surface area contributed by atoms with Crippen molar-refractivity contribution in [1.29, 1.82) is 0 Å². The topological polar surface area (TPSA) is 108 Å². The van der Waals surface area contributed by atoms with Crippen molar-refractivity contribution in [2.75, 3.05) is 5.32 Å². The molecule has 1 aromatic carbocycles. The number of carboxylic acid groups (broad SMARTS) is 1. The molecule has 0 unspecified atom stereocenters. The Morgan fingerprint density at radius 2 is 1.89 bits per heavy atom. The Balaban J connectivity index is 1.56. The van der Waals surface area contributed by atoms with E-state index in [0.717, 1.165) is 28.3 Å². The highest BCUT2D eigenvalue weighted by molar-refractivity contribution is 7.15. The maximum absolute atomic E-state index is 13.0. The third-order valence-electron chi connectivity index (χ3n) is 6.63. The molecular formula is C24H25F3N4O3S. The number of aromatic nitrogens is 3. The molecule has 2 heterocycles. The molecule has 0 saturated heterocycles. The van der Waals surface area contributed by atoms with Crippen LogP contribution in [0.25, 0.3) is 10.4 Å². The molecule has 0 atom stereocenters. The van der Waals surface area contributed by atoms with Gasteiger partial charge in [0.2, 0.25) is 5.95 Å². The molecule has 0 radical (unpaired) electrons. The average Bonchev–Trinajstić information content (AvgIpc) is 3.30. The Labute approximate surface area is 204 Å². The molecule has 3 N–H and O–H groups in total. The van der Waals surface area contributed by atoms with Crippen molar-refractivity contribution < 1.29 is 28.2 Å². The van der Waals surface area contributed by atoms with Crippen LogP contribution in [0.3, 0.4) is 0 Å². The van der Waals surface area contributed by atoms with Gasteiger partial charge in [0.1, 0.15) is 16.3 Å². The largest absolute Gasteiger partial charge is 0.481 e. The Morgan fingerprint density at radius 1 is 1.17 bits per heavy atom. The first-order valence-electron chi connectivity index (χ1n) is 11.2. The number of nitrogens with one attached hydrogen (secondary N) is 1. The first kappa shape index (κ1) is 25.1. The summed E-state index contributed by atoms with van der Waals surface area (Å²) in [7, 11) is 0. The number of anilines is 2. The molecule has 35 heavy (non-hydrogen) atoms. The first-order chi connectivity index (χ1) is 16.4. The molecule has 0 bridgehead atoms. The molecule has 0 amide bonds. The Hall–Kier alpha value is -3.05. The maximum atomic E-state index is 13.0. The van der Waals surface area contributed by atoms with E-state index in [2.05, 4.69) is 20.3 Å². The number of thiazole rings is 1. The van der Waals surface area contributed by atoms with Gasteiger partial charge in [0.15, 0.2) is 0 Å². The number of alkyl halides is 3. The fraction of sp³-hybridized carbons (Fsp3) is 0.417. The lowest BCUT2D eigenvalue weighted by molar-refractivity contribution is -0.155. The third-order valence-corrected chi connectivity index (χ3v) is 7.87. The summed E-state index contributed by atoms with van der Waals surface area (Å²) in [5.41, 5.74) is -0.887. The number of aliphatic carboxylic acids is 1. The molecule has 3 aromatic rings. The van der Waals surface area contributed by atoms with Crippen LogP contribution in [-0.4, -0.2) is 31.1 Å². The minimum absolute atomic E-state index is 0.171. The first-order valence-corrected chi connectivity index (χ1v) is 12.0. The standard InChI is InChI=1S/C24H25F3N4O3S/c1-3-22(20(32)33)5-7-23(34,8-6-22)19-29-13-17(35-19)15-10-14(2)11-16(12-15)30-21-28-9-4-18(31-21)24(25,26)27/h4,9-13,34H,3,5-8H2,1-2H3,(H,32,33)(H,28,30,31). The molecule has 1 aliphatic carbocycles. The van der Waals surface area contributed by atoms with Gasteiger partial charge >= 0.3 is 12.1 Å². The summed E-state index contributed by atoms with van der Waals surface area (Å²) in [4.78, 5) is 24.4. The van der Waals surface area contributed by atoms with Crippen molar-refractivity contribution in [1.82, 2.24) is 15.0 Å². The highest BCUT2D eigenvalue weighted by Gasteiger charge is 2.47. The summed E-state index contributed by atoms with van der Waals surface area (Å²) >= 11 is 1.32. The monoisotopic (exact) mass is 506 g/mol. The van der Waals surface area contributed by atoms with E-state index in [1.807, 2.05) is 19.9 Å². The van der Waals surface area contributed by atoms with Crippen molar-refractivity contribution >= 4 is 28.9 Å². The number of rotatable bonds is 6. The number of nitrogens with zero attached hydrogens (tertiary/aromatic N) is 3. The Morgan fingerprint density at radius 3 is 2.51 bits per heavy atom. The molecule has 1 aliphatic rings. The average molecular weight is 507 g/mol. The predicted molar refractivity (Wildman–Crippen MR) is 125 cm³/mol. The number of halogens is 3. The zero-order valence-electron chi connectivity index (χ0n) is 19.2. The number of aryl methyl sites for hydroxylation is 1. The summed E-state index contributed by atoms with van der Waals surface area (Å²) in [5, 5.41) is 24.2. The molecule has 0 aliphatic heterocycles. The second-order valence-corrected chi connectivity index (χ2v) is 10.0. The zero-order valence-corrected chi connectivity index (χ0v) is 20.0. The van der Waals surface area contributed by atoms with E-state index in [1.165, 1.54) is 11.3 Å². The van der Waals surface area contributed by atoms with Crippen LogP contribution in [0.4, 0.5) is 24.8 Å². The van der Waals surface area contributed by atoms with E-state index in [-0.39, 0.29) is 5.95 Å². The third kappa shape index (κ3) is 5.15. The van der Waals surface area contributed by atoms with Gasteiger partial charge in [-0.2, -0.15) is 13.2 Å². The molecule has 7 nitrogen and oxygen atoms in total. The number of hydrogen-bond acceptors (Lipinski definition) is 7. The Bertz CT molecular complexity index is 1240. The van der Waals surface area contributed by atoms with Gasteiger partial charge in [-0.25, -0.2) is 15.0 Å². The quantitative estimate of drug-likeness (QED) is 0.381. The number of carbonyl (C=O) groups is 1. The van der Waals surface area contributed by atoms with E-state index >= 15 is 0 Å². The normalized spacial score (nSPS) is 22.7. The van der Waals surface area contributed by atoms with E-state index in [1.54, 1.807) is 18.3 Å². The van der Waals surface area contributed by atoms with Crippen LogP contribution in [0.15, 0.2) is 36.7 Å². The van der Waals surface area contributed by atoms with Gasteiger partial charge in [-0.1, -0.05) is 13.0 Å². The fourth-order valence-electron chi connectivity index (χ4n) is 4.40. The lowest BCUT2D eigenvalue weighted by Crippen LogP contribution is -2.41. The van der Waals surface area contributed by atoms with Gasteiger partial charge in [-0.05, 0) is 68.4 Å². The van der Waals surface area contributed by atoms with Crippen molar-refractivity contribution in [3.8, 4) is 10.4 Å². The molecule has 1 saturated carbocycles. The smallest absolute Gasteiger partial charge is 0.433 e. The van der Waals surface area contributed by atoms with Crippen LogP contribution in [0, 0.1) is 12.3 Å². The minimum Gasteiger partial charge on any atom is -0.481 e. The molecule has 1 fully saturated rings. The van der Waals surface area contributed by atoms with E-state index < -0.39 is 28.9 Å². The van der Waals surface area contributed by atoms with E-state index in [0.29, 0.717) is 42.8 Å². The summed E-state index contributed by atoms with van der Waals surface area (Å²) in [6.07, 6.45) is 0.0106. The second kappa shape index (κ2) is 9.19. The predicted octanol–water partition coefficient (Wildman–Crippen LogP) is 5.91. The second-order valence-electron chi connectivity index (χ2n) is 8.98. The van der Waals surface area contributed by atoms with E-state index in [4.69, 9.17) is 0 Å². The molecule has 4 rings (SSSR count). The number of carboxylic acids is 1. The van der Waals surface area contributed by atoms with Gasteiger partial charge in [0.05, 0.1) is 10.3 Å². The van der Waals surface area contributed by atoms with Crippen LogP contribution in [0.5, 0.6) is 0 Å². The van der Waals surface area contributed by atoms with E-state index in [9.17, 15) is 28.2 Å². The summed E-state index contributed by atoms with van der Waals surface area (Å²) < 4.78 is 38.9. The number of benzene rings is 1.